The van der Waals surface area contributed by atoms with Crippen LogP contribution in [0.15, 0.2) is 48.5 Å². The molecule has 0 aliphatic carbocycles. The van der Waals surface area contributed by atoms with Crippen LogP contribution in [0.25, 0.3) is 0 Å². The Hall–Kier alpha value is -2.84. The van der Waals surface area contributed by atoms with Gasteiger partial charge >= 0.3 is 5.97 Å². The zero-order chi connectivity index (χ0) is 24.8. The molecule has 2 saturated heterocycles. The molecule has 35 heavy (non-hydrogen) atoms. The molecular weight excluding hydrogens is 452 g/mol. The van der Waals surface area contributed by atoms with Gasteiger partial charge in [0.2, 0.25) is 5.91 Å². The third-order valence-corrected chi connectivity index (χ3v) is 6.94. The molecule has 0 radical (unpaired) electrons. The summed E-state index contributed by atoms with van der Waals surface area (Å²) in [5, 5.41) is 3.36. The maximum absolute atomic E-state index is 14.1. The van der Waals surface area contributed by atoms with Crippen LogP contribution in [0.5, 0.6) is 0 Å². The number of rotatable bonds is 8. The number of carbonyl (C=O) groups excluding carboxylic acids is 2. The van der Waals surface area contributed by atoms with Crippen molar-refractivity contribution in [1.82, 2.24) is 15.1 Å². The Labute approximate surface area is 205 Å². The summed E-state index contributed by atoms with van der Waals surface area (Å²) in [6, 6.07) is 13.3. The lowest BCUT2D eigenvalue weighted by atomic mass is 9.96. The number of carbonyl (C=O) groups is 2. The molecule has 8 heteroatoms. The van der Waals surface area contributed by atoms with Crippen molar-refractivity contribution in [3.05, 3.63) is 71.3 Å². The van der Waals surface area contributed by atoms with Crippen molar-refractivity contribution in [3.63, 3.8) is 0 Å². The van der Waals surface area contributed by atoms with Gasteiger partial charge in [0.15, 0.2) is 0 Å². The second kappa shape index (κ2) is 11.7. The van der Waals surface area contributed by atoms with E-state index >= 15 is 0 Å². The molecule has 188 valence electrons. The molecule has 0 unspecified atom stereocenters. The molecule has 2 atom stereocenters. The molecule has 0 spiro atoms. The van der Waals surface area contributed by atoms with Crippen molar-refractivity contribution in [2.24, 2.45) is 5.92 Å². The fraction of sp³-hybridized carbons (Fsp3) is 0.481. The quantitative estimate of drug-likeness (QED) is 0.580. The maximum atomic E-state index is 14.1. The predicted octanol–water partition coefficient (Wildman–Crippen LogP) is 3.50. The van der Waals surface area contributed by atoms with Crippen LogP contribution in [-0.2, 0) is 27.4 Å². The lowest BCUT2D eigenvalue weighted by molar-refractivity contribution is -0.151. The van der Waals surface area contributed by atoms with E-state index in [0.717, 1.165) is 11.6 Å². The second-order valence-corrected chi connectivity index (χ2v) is 9.33. The van der Waals surface area contributed by atoms with Crippen LogP contribution in [0.2, 0.25) is 0 Å². The summed E-state index contributed by atoms with van der Waals surface area (Å²) in [5.74, 6) is -1.43. The fourth-order valence-corrected chi connectivity index (χ4v) is 5.03. The summed E-state index contributed by atoms with van der Waals surface area (Å²) in [6.45, 7) is 4.79. The SMILES string of the molecule is CCOC(=O)C1CCN(C(=O)[C@@H]2C[C@H](NCc3ccc(F)cc3F)CN2Cc2ccccc2)CC1. The van der Waals surface area contributed by atoms with E-state index in [0.29, 0.717) is 57.6 Å². The number of hydrogen-bond acceptors (Lipinski definition) is 5. The first kappa shape index (κ1) is 25.3. The van der Waals surface area contributed by atoms with Crippen molar-refractivity contribution >= 4 is 11.9 Å². The van der Waals surface area contributed by atoms with Crippen LogP contribution in [0.4, 0.5) is 8.78 Å². The lowest BCUT2D eigenvalue weighted by Crippen LogP contribution is -2.49. The minimum absolute atomic E-state index is 0.00538. The van der Waals surface area contributed by atoms with Gasteiger partial charge in [0.1, 0.15) is 11.6 Å². The van der Waals surface area contributed by atoms with Gasteiger partial charge in [0, 0.05) is 50.4 Å². The molecule has 2 fully saturated rings. The van der Waals surface area contributed by atoms with Crippen molar-refractivity contribution in [1.29, 1.82) is 0 Å². The molecule has 2 heterocycles. The van der Waals surface area contributed by atoms with Crippen LogP contribution < -0.4 is 5.32 Å². The lowest BCUT2D eigenvalue weighted by Gasteiger charge is -2.34. The number of hydrogen-bond donors (Lipinski definition) is 1. The standard InChI is InChI=1S/C27H33F2N3O3/c1-2-35-27(34)20-10-12-31(13-11-20)26(33)25-15-23(18-32(25)17-19-6-4-3-5-7-19)30-16-21-8-9-22(28)14-24(21)29/h3-9,14,20,23,25,30H,2,10-13,15-18H2,1H3/t23-,25-/m0/s1. The number of benzene rings is 2. The van der Waals surface area contributed by atoms with E-state index < -0.39 is 11.6 Å². The molecule has 1 N–H and O–H groups in total. The molecule has 6 nitrogen and oxygen atoms in total. The van der Waals surface area contributed by atoms with Gasteiger partial charge in [-0.3, -0.25) is 14.5 Å². The topological polar surface area (TPSA) is 61.9 Å². The molecule has 2 aliphatic heterocycles. The average molecular weight is 486 g/mol. The van der Waals surface area contributed by atoms with E-state index in [1.54, 1.807) is 6.92 Å². The highest BCUT2D eigenvalue weighted by atomic mass is 19.1. The first-order valence-electron chi connectivity index (χ1n) is 12.3. The van der Waals surface area contributed by atoms with Crippen molar-refractivity contribution < 1.29 is 23.1 Å². The third-order valence-electron chi connectivity index (χ3n) is 6.94. The minimum atomic E-state index is -0.599. The number of ether oxygens (including phenoxy) is 1. The molecule has 0 saturated carbocycles. The molecule has 2 aromatic carbocycles. The summed E-state index contributed by atoms with van der Waals surface area (Å²) in [5.41, 5.74) is 1.52. The van der Waals surface area contributed by atoms with Gasteiger partial charge in [-0.2, -0.15) is 0 Å². The Bertz CT molecular complexity index is 1010. The van der Waals surface area contributed by atoms with Crippen molar-refractivity contribution in [2.45, 2.75) is 51.4 Å². The summed E-state index contributed by atoms with van der Waals surface area (Å²) < 4.78 is 32.5. The maximum Gasteiger partial charge on any atom is 0.309 e. The highest BCUT2D eigenvalue weighted by Crippen LogP contribution is 2.26. The molecule has 4 rings (SSSR count). The van der Waals surface area contributed by atoms with Gasteiger partial charge in [0.25, 0.3) is 0 Å². The summed E-state index contributed by atoms with van der Waals surface area (Å²) >= 11 is 0. The van der Waals surface area contributed by atoms with Crippen LogP contribution in [-0.4, -0.2) is 60.0 Å². The Kier molecular flexibility index (Phi) is 8.46. The monoisotopic (exact) mass is 485 g/mol. The minimum Gasteiger partial charge on any atom is -0.466 e. The summed E-state index contributed by atoms with van der Waals surface area (Å²) in [7, 11) is 0. The number of amides is 1. The normalized spacial score (nSPS) is 21.3. The van der Waals surface area contributed by atoms with E-state index in [4.69, 9.17) is 4.74 Å². The largest absolute Gasteiger partial charge is 0.466 e. The Morgan fingerprint density at radius 2 is 1.83 bits per heavy atom. The van der Waals surface area contributed by atoms with Gasteiger partial charge in [-0.05, 0) is 37.8 Å². The van der Waals surface area contributed by atoms with Crippen molar-refractivity contribution in [3.8, 4) is 0 Å². The molecular formula is C27H33F2N3O3. The molecule has 0 bridgehead atoms. The number of nitrogens with one attached hydrogen (secondary N) is 1. The fourth-order valence-electron chi connectivity index (χ4n) is 5.03. The van der Waals surface area contributed by atoms with E-state index in [2.05, 4.69) is 10.2 Å². The molecule has 2 aliphatic rings. The Morgan fingerprint density at radius 1 is 1.09 bits per heavy atom. The van der Waals surface area contributed by atoms with Crippen LogP contribution in [0, 0.1) is 17.6 Å². The predicted molar refractivity (Wildman–Crippen MR) is 128 cm³/mol. The van der Waals surface area contributed by atoms with Crippen molar-refractivity contribution in [2.75, 3.05) is 26.2 Å². The highest BCUT2D eigenvalue weighted by molar-refractivity contribution is 5.83. The Morgan fingerprint density at radius 3 is 2.51 bits per heavy atom. The highest BCUT2D eigenvalue weighted by Gasteiger charge is 2.40. The molecule has 0 aromatic heterocycles. The van der Waals surface area contributed by atoms with Gasteiger partial charge in [-0.15, -0.1) is 0 Å². The number of nitrogens with zero attached hydrogens (tertiary/aromatic N) is 2. The number of esters is 1. The van der Waals surface area contributed by atoms with E-state index in [1.165, 1.54) is 12.1 Å². The first-order chi connectivity index (χ1) is 16.9. The smallest absolute Gasteiger partial charge is 0.309 e. The molecule has 2 aromatic rings. The third kappa shape index (κ3) is 6.44. The first-order valence-corrected chi connectivity index (χ1v) is 12.3. The zero-order valence-corrected chi connectivity index (χ0v) is 20.1. The van der Waals surface area contributed by atoms with E-state index in [9.17, 15) is 18.4 Å². The van der Waals surface area contributed by atoms with Gasteiger partial charge in [0.05, 0.1) is 18.6 Å². The summed E-state index contributed by atoms with van der Waals surface area (Å²) in [6.07, 6.45) is 1.83. The van der Waals surface area contributed by atoms with Gasteiger partial charge < -0.3 is 15.0 Å². The zero-order valence-electron chi connectivity index (χ0n) is 20.1. The van der Waals surface area contributed by atoms with E-state index in [1.807, 2.05) is 35.2 Å². The molecule has 1 amide bonds. The summed E-state index contributed by atoms with van der Waals surface area (Å²) in [4.78, 5) is 29.7. The number of piperidine rings is 1. The van der Waals surface area contributed by atoms with Crippen LogP contribution >= 0.6 is 0 Å². The number of likely N-dealkylation sites (tertiary alicyclic amines) is 2. The average Bonchev–Trinajstić information content (AvgIpc) is 3.26. The van der Waals surface area contributed by atoms with Crippen LogP contribution in [0.1, 0.15) is 37.3 Å². The van der Waals surface area contributed by atoms with Gasteiger partial charge in [-0.25, -0.2) is 8.78 Å². The number of halogens is 2. The van der Waals surface area contributed by atoms with Gasteiger partial charge in [-0.1, -0.05) is 36.4 Å². The second-order valence-electron chi connectivity index (χ2n) is 9.33. The van der Waals surface area contributed by atoms with E-state index in [-0.39, 0.29) is 36.4 Å². The Balaban J connectivity index is 1.41. The van der Waals surface area contributed by atoms with Crippen LogP contribution in [0.3, 0.4) is 0 Å².